The van der Waals surface area contributed by atoms with Crippen LogP contribution in [0.5, 0.6) is 0 Å². The van der Waals surface area contributed by atoms with Crippen LogP contribution in [0.1, 0.15) is 47.5 Å². The summed E-state index contributed by atoms with van der Waals surface area (Å²) in [5, 5.41) is 11.6. The van der Waals surface area contributed by atoms with Gasteiger partial charge in [0.1, 0.15) is 6.04 Å². The van der Waals surface area contributed by atoms with Crippen molar-refractivity contribution < 1.29 is 14.7 Å². The van der Waals surface area contributed by atoms with E-state index in [4.69, 9.17) is 5.11 Å². The molecule has 2 amide bonds. The molecule has 0 aliphatic rings. The molecule has 0 aromatic carbocycles. The largest absolute Gasteiger partial charge is 0.480 e. The fraction of sp³-hybridized carbons (Fsp3) is 0.846. The summed E-state index contributed by atoms with van der Waals surface area (Å²) in [7, 11) is 1.69. The molecule has 0 saturated carbocycles. The predicted octanol–water partition coefficient (Wildman–Crippen LogP) is 2.32. The topological polar surface area (TPSA) is 69.6 Å². The molecule has 0 aliphatic carbocycles. The third kappa shape index (κ3) is 4.94. The van der Waals surface area contributed by atoms with Crippen LogP contribution in [0.4, 0.5) is 4.79 Å². The Morgan fingerprint density at radius 2 is 1.83 bits per heavy atom. The molecule has 0 heterocycles. The Morgan fingerprint density at radius 3 is 2.17 bits per heavy atom. The maximum atomic E-state index is 12.0. The molecule has 0 radical (unpaired) electrons. The maximum Gasteiger partial charge on any atom is 0.326 e. The number of rotatable bonds is 5. The number of urea groups is 1. The second-order valence-electron chi connectivity index (χ2n) is 5.78. The van der Waals surface area contributed by atoms with Gasteiger partial charge in [0.25, 0.3) is 0 Å². The zero-order chi connectivity index (χ0) is 14.5. The molecule has 0 bridgehead atoms. The van der Waals surface area contributed by atoms with Crippen molar-refractivity contribution in [2.24, 2.45) is 5.41 Å². The minimum atomic E-state index is -0.984. The second kappa shape index (κ2) is 6.61. The van der Waals surface area contributed by atoms with Gasteiger partial charge < -0.3 is 15.3 Å². The van der Waals surface area contributed by atoms with E-state index in [9.17, 15) is 9.59 Å². The van der Waals surface area contributed by atoms with E-state index in [2.05, 4.69) is 5.32 Å². The van der Waals surface area contributed by atoms with Crippen LogP contribution in [-0.2, 0) is 4.79 Å². The lowest BCUT2D eigenvalue weighted by molar-refractivity contribution is -0.139. The monoisotopic (exact) mass is 258 g/mol. The highest BCUT2D eigenvalue weighted by molar-refractivity contribution is 5.82. The first kappa shape index (κ1) is 16.7. The van der Waals surface area contributed by atoms with Crippen molar-refractivity contribution in [3.05, 3.63) is 0 Å². The quantitative estimate of drug-likeness (QED) is 0.795. The molecule has 2 N–H and O–H groups in total. The van der Waals surface area contributed by atoms with Crippen LogP contribution in [0.25, 0.3) is 0 Å². The van der Waals surface area contributed by atoms with Crippen LogP contribution < -0.4 is 5.32 Å². The number of aliphatic carboxylic acids is 1. The highest BCUT2D eigenvalue weighted by atomic mass is 16.4. The van der Waals surface area contributed by atoms with Gasteiger partial charge in [0.05, 0.1) is 0 Å². The Labute approximate surface area is 110 Å². The summed E-state index contributed by atoms with van der Waals surface area (Å²) in [6, 6.07) is -1.12. The molecule has 0 rings (SSSR count). The molecule has 0 saturated heterocycles. The molecule has 5 nitrogen and oxygen atoms in total. The lowest BCUT2D eigenvalue weighted by atomic mass is 9.87. The van der Waals surface area contributed by atoms with E-state index >= 15 is 0 Å². The van der Waals surface area contributed by atoms with Crippen molar-refractivity contribution in [2.45, 2.75) is 59.5 Å². The molecule has 1 unspecified atom stereocenters. The van der Waals surface area contributed by atoms with Gasteiger partial charge >= 0.3 is 12.0 Å². The van der Waals surface area contributed by atoms with E-state index in [1.165, 1.54) is 0 Å². The van der Waals surface area contributed by atoms with Crippen molar-refractivity contribution in [1.82, 2.24) is 10.2 Å². The lowest BCUT2D eigenvalue weighted by Gasteiger charge is -2.35. The fourth-order valence-electron chi connectivity index (χ4n) is 1.55. The zero-order valence-corrected chi connectivity index (χ0v) is 12.3. The maximum absolute atomic E-state index is 12.0. The number of hydrogen-bond acceptors (Lipinski definition) is 2. The van der Waals surface area contributed by atoms with E-state index in [0.717, 1.165) is 6.42 Å². The van der Waals surface area contributed by atoms with Crippen molar-refractivity contribution >= 4 is 12.0 Å². The number of carboxylic acid groups (broad SMARTS) is 1. The van der Waals surface area contributed by atoms with Gasteiger partial charge in [0, 0.05) is 13.1 Å². The van der Waals surface area contributed by atoms with Crippen LogP contribution in [0.3, 0.4) is 0 Å². The summed E-state index contributed by atoms with van der Waals surface area (Å²) in [6.07, 6.45) is 1.16. The summed E-state index contributed by atoms with van der Waals surface area (Å²) in [4.78, 5) is 24.5. The Morgan fingerprint density at radius 1 is 1.33 bits per heavy atom. The highest BCUT2D eigenvalue weighted by Crippen LogP contribution is 2.22. The third-order valence-electron chi connectivity index (χ3n) is 3.33. The Balaban J connectivity index is 4.60. The van der Waals surface area contributed by atoms with Gasteiger partial charge in [-0.3, -0.25) is 0 Å². The van der Waals surface area contributed by atoms with Crippen molar-refractivity contribution in [3.8, 4) is 0 Å². The number of carbonyl (C=O) groups is 2. The van der Waals surface area contributed by atoms with Crippen molar-refractivity contribution in [3.63, 3.8) is 0 Å². The van der Waals surface area contributed by atoms with Crippen molar-refractivity contribution in [1.29, 1.82) is 0 Å². The molecule has 0 aromatic heterocycles. The second-order valence-corrected chi connectivity index (χ2v) is 5.78. The summed E-state index contributed by atoms with van der Waals surface area (Å²) in [5.74, 6) is -0.984. The summed E-state index contributed by atoms with van der Waals surface area (Å²) in [6.45, 7) is 9.98. The van der Waals surface area contributed by atoms with Gasteiger partial charge in [-0.1, -0.05) is 34.1 Å². The SMILES string of the molecule is CCC[C@@H](NC(=O)N(C)C(C)C(C)(C)C)C(=O)O. The molecule has 0 aromatic rings. The molecule has 0 fully saturated rings. The number of hydrogen-bond donors (Lipinski definition) is 2. The molecular weight excluding hydrogens is 232 g/mol. The van der Waals surface area contributed by atoms with Gasteiger partial charge in [0.15, 0.2) is 0 Å². The number of nitrogens with one attached hydrogen (secondary N) is 1. The molecule has 0 aliphatic heterocycles. The van der Waals surface area contributed by atoms with Crippen LogP contribution in [0, 0.1) is 5.41 Å². The Hall–Kier alpha value is -1.26. The van der Waals surface area contributed by atoms with E-state index in [1.54, 1.807) is 11.9 Å². The van der Waals surface area contributed by atoms with Gasteiger partial charge in [-0.15, -0.1) is 0 Å². The summed E-state index contributed by atoms with van der Waals surface area (Å²) in [5.41, 5.74) is -0.0461. The third-order valence-corrected chi connectivity index (χ3v) is 3.33. The first-order valence-corrected chi connectivity index (χ1v) is 6.37. The molecule has 0 spiro atoms. The van der Waals surface area contributed by atoms with Gasteiger partial charge in [0.2, 0.25) is 0 Å². The first-order valence-electron chi connectivity index (χ1n) is 6.37. The minimum Gasteiger partial charge on any atom is -0.480 e. The van der Waals surface area contributed by atoms with Crippen LogP contribution in [0.2, 0.25) is 0 Å². The number of carbonyl (C=O) groups excluding carboxylic acids is 1. The highest BCUT2D eigenvalue weighted by Gasteiger charge is 2.29. The van der Waals surface area contributed by atoms with Gasteiger partial charge in [-0.05, 0) is 18.8 Å². The molecule has 2 atom stereocenters. The lowest BCUT2D eigenvalue weighted by Crippen LogP contribution is -2.51. The fourth-order valence-corrected chi connectivity index (χ4v) is 1.55. The number of amides is 2. The molecule has 5 heteroatoms. The molecule has 106 valence electrons. The summed E-state index contributed by atoms with van der Waals surface area (Å²) < 4.78 is 0. The zero-order valence-electron chi connectivity index (χ0n) is 12.3. The van der Waals surface area contributed by atoms with Crippen LogP contribution in [0.15, 0.2) is 0 Å². The van der Waals surface area contributed by atoms with E-state index in [1.807, 2.05) is 34.6 Å². The average Bonchev–Trinajstić information content (AvgIpc) is 2.24. The number of nitrogens with zero attached hydrogens (tertiary/aromatic N) is 1. The average molecular weight is 258 g/mol. The minimum absolute atomic E-state index is 0.0218. The van der Waals surface area contributed by atoms with Gasteiger partial charge in [-0.25, -0.2) is 9.59 Å². The van der Waals surface area contributed by atoms with Gasteiger partial charge in [-0.2, -0.15) is 0 Å². The van der Waals surface area contributed by atoms with Crippen LogP contribution in [-0.4, -0.2) is 41.1 Å². The van der Waals surface area contributed by atoms with E-state index < -0.39 is 12.0 Å². The Kier molecular flexibility index (Phi) is 6.15. The predicted molar refractivity (Wildman–Crippen MR) is 71.5 cm³/mol. The summed E-state index contributed by atoms with van der Waals surface area (Å²) >= 11 is 0. The van der Waals surface area contributed by atoms with E-state index in [0.29, 0.717) is 6.42 Å². The Bertz CT molecular complexity index is 297. The van der Waals surface area contributed by atoms with E-state index in [-0.39, 0.29) is 17.5 Å². The normalized spacial score (nSPS) is 14.8. The molecule has 18 heavy (non-hydrogen) atoms. The standard InChI is InChI=1S/C13H26N2O3/c1-7-8-10(11(16)17)14-12(18)15(6)9(2)13(3,4)5/h9-10H,7-8H2,1-6H3,(H,14,18)(H,16,17)/t9?,10-/m1/s1. The van der Waals surface area contributed by atoms with Crippen LogP contribution >= 0.6 is 0 Å². The smallest absolute Gasteiger partial charge is 0.326 e. The van der Waals surface area contributed by atoms with Crippen molar-refractivity contribution in [2.75, 3.05) is 7.05 Å². The first-order chi connectivity index (χ1) is 8.11. The number of carboxylic acids is 1. The molecular formula is C13H26N2O3.